The molecule has 156 valence electrons. The Morgan fingerprint density at radius 3 is 2.31 bits per heavy atom. The fraction of sp³-hybridized carbons (Fsp3) is 0.391. The highest BCUT2D eigenvalue weighted by molar-refractivity contribution is 6.32. The molecular weight excluding hydrogens is 388 g/mol. The lowest BCUT2D eigenvalue weighted by molar-refractivity contribution is -0.143. The number of benzene rings is 2. The highest BCUT2D eigenvalue weighted by Gasteiger charge is 2.29. The first-order chi connectivity index (χ1) is 14.0. The van der Waals surface area contributed by atoms with Gasteiger partial charge < -0.3 is 15.0 Å². The molecule has 0 aliphatic rings. The van der Waals surface area contributed by atoms with Crippen LogP contribution in [0.5, 0.6) is 5.75 Å². The van der Waals surface area contributed by atoms with Crippen LogP contribution < -0.4 is 10.1 Å². The van der Waals surface area contributed by atoms with E-state index >= 15 is 0 Å². The van der Waals surface area contributed by atoms with E-state index in [4.69, 9.17) is 16.3 Å². The summed E-state index contributed by atoms with van der Waals surface area (Å²) in [4.78, 5) is 27.5. The van der Waals surface area contributed by atoms with Crippen LogP contribution in [-0.4, -0.2) is 35.4 Å². The molecule has 0 aromatic heterocycles. The molecular formula is C23H29ClN2O3. The molecule has 5 nitrogen and oxygen atoms in total. The maximum atomic E-state index is 13.1. The summed E-state index contributed by atoms with van der Waals surface area (Å²) >= 11 is 6.12. The molecule has 0 saturated carbocycles. The van der Waals surface area contributed by atoms with Gasteiger partial charge in [0.1, 0.15) is 11.8 Å². The lowest BCUT2D eigenvalue weighted by atomic mass is 10.1. The molecule has 0 heterocycles. The zero-order valence-electron chi connectivity index (χ0n) is 17.2. The molecule has 0 radical (unpaired) electrons. The molecule has 0 bridgehead atoms. The smallest absolute Gasteiger partial charge is 0.261 e. The van der Waals surface area contributed by atoms with Gasteiger partial charge in [-0.25, -0.2) is 0 Å². The fourth-order valence-electron chi connectivity index (χ4n) is 2.92. The van der Waals surface area contributed by atoms with Gasteiger partial charge in [-0.3, -0.25) is 9.59 Å². The summed E-state index contributed by atoms with van der Waals surface area (Å²) in [6, 6.07) is 16.1. The minimum Gasteiger partial charge on any atom is -0.482 e. The monoisotopic (exact) mass is 416 g/mol. The normalized spacial score (nSPS) is 12.7. The van der Waals surface area contributed by atoms with Crippen LogP contribution in [0.3, 0.4) is 0 Å². The van der Waals surface area contributed by atoms with Crippen molar-refractivity contribution >= 4 is 23.4 Å². The lowest BCUT2D eigenvalue weighted by Crippen LogP contribution is -2.51. The Morgan fingerprint density at radius 2 is 1.69 bits per heavy atom. The van der Waals surface area contributed by atoms with E-state index in [9.17, 15) is 9.59 Å². The standard InChI is InChI=1S/C23H29ClN2O3/c1-4-17(3)25-23(28)20(5-2)26(15-18-11-7-6-8-12-18)22(27)16-29-21-14-10-9-13-19(21)24/h6-14,17,20H,4-5,15-16H2,1-3H3,(H,25,28). The van der Waals surface area contributed by atoms with Crippen molar-refractivity contribution < 1.29 is 14.3 Å². The van der Waals surface area contributed by atoms with Gasteiger partial charge in [0, 0.05) is 12.6 Å². The van der Waals surface area contributed by atoms with Gasteiger partial charge in [0.15, 0.2) is 6.61 Å². The van der Waals surface area contributed by atoms with E-state index in [0.29, 0.717) is 23.7 Å². The van der Waals surface area contributed by atoms with Crippen LogP contribution >= 0.6 is 11.6 Å². The molecule has 2 aromatic carbocycles. The molecule has 2 aromatic rings. The molecule has 29 heavy (non-hydrogen) atoms. The SMILES string of the molecule is CCC(C)NC(=O)C(CC)N(Cc1ccccc1)C(=O)COc1ccccc1Cl. The number of amides is 2. The fourth-order valence-corrected chi connectivity index (χ4v) is 3.12. The molecule has 0 spiro atoms. The Hall–Kier alpha value is -2.53. The minimum atomic E-state index is -0.577. The molecule has 1 N–H and O–H groups in total. The minimum absolute atomic E-state index is 0.0459. The van der Waals surface area contributed by atoms with E-state index in [-0.39, 0.29) is 24.5 Å². The number of nitrogens with one attached hydrogen (secondary N) is 1. The summed E-state index contributed by atoms with van der Waals surface area (Å²) in [6.45, 7) is 6.01. The predicted molar refractivity (Wildman–Crippen MR) is 116 cm³/mol. The maximum absolute atomic E-state index is 13.1. The zero-order chi connectivity index (χ0) is 21.2. The molecule has 0 saturated heterocycles. The molecule has 6 heteroatoms. The average molecular weight is 417 g/mol. The molecule has 2 rings (SSSR count). The van der Waals surface area contributed by atoms with E-state index in [1.54, 1.807) is 29.2 Å². The highest BCUT2D eigenvalue weighted by atomic mass is 35.5. The van der Waals surface area contributed by atoms with Gasteiger partial charge in [-0.05, 0) is 37.5 Å². The summed E-state index contributed by atoms with van der Waals surface area (Å²) in [7, 11) is 0. The molecule has 2 atom stereocenters. The number of nitrogens with zero attached hydrogens (tertiary/aromatic N) is 1. The third-order valence-electron chi connectivity index (χ3n) is 4.77. The van der Waals surface area contributed by atoms with Gasteiger partial charge in [-0.2, -0.15) is 0 Å². The number of carbonyl (C=O) groups is 2. The Labute approximate surface area is 178 Å². The number of rotatable bonds is 10. The quantitative estimate of drug-likeness (QED) is 0.622. The highest BCUT2D eigenvalue weighted by Crippen LogP contribution is 2.23. The van der Waals surface area contributed by atoms with Crippen molar-refractivity contribution in [2.24, 2.45) is 0 Å². The summed E-state index contributed by atoms with van der Waals surface area (Å²) in [5, 5.41) is 3.43. The first-order valence-corrected chi connectivity index (χ1v) is 10.3. The lowest BCUT2D eigenvalue weighted by Gasteiger charge is -2.31. The topological polar surface area (TPSA) is 58.6 Å². The Bertz CT molecular complexity index is 798. The molecule has 2 unspecified atom stereocenters. The second-order valence-corrected chi connectivity index (χ2v) is 7.38. The van der Waals surface area contributed by atoms with Crippen molar-refractivity contribution in [3.63, 3.8) is 0 Å². The summed E-state index contributed by atoms with van der Waals surface area (Å²) in [5.41, 5.74) is 0.952. The van der Waals surface area contributed by atoms with Crippen molar-refractivity contribution in [1.29, 1.82) is 0 Å². The number of hydrogen-bond acceptors (Lipinski definition) is 3. The largest absolute Gasteiger partial charge is 0.482 e. The Balaban J connectivity index is 2.19. The Kier molecular flexibility index (Phi) is 9.00. The number of halogens is 1. The number of hydrogen-bond donors (Lipinski definition) is 1. The van der Waals surface area contributed by atoms with Crippen LogP contribution in [0.4, 0.5) is 0 Å². The van der Waals surface area contributed by atoms with E-state index in [1.165, 1.54) is 0 Å². The molecule has 0 aliphatic carbocycles. The third kappa shape index (κ3) is 6.79. The van der Waals surface area contributed by atoms with E-state index in [0.717, 1.165) is 12.0 Å². The summed E-state index contributed by atoms with van der Waals surface area (Å²) < 4.78 is 5.64. The predicted octanol–water partition coefficient (Wildman–Crippen LogP) is 4.44. The first-order valence-electron chi connectivity index (χ1n) is 9.97. The van der Waals surface area contributed by atoms with Crippen molar-refractivity contribution in [3.05, 3.63) is 65.2 Å². The van der Waals surface area contributed by atoms with Crippen molar-refractivity contribution in [2.45, 2.75) is 52.2 Å². The van der Waals surface area contributed by atoms with Crippen LogP contribution in [0.25, 0.3) is 0 Å². The molecule has 0 fully saturated rings. The van der Waals surface area contributed by atoms with E-state index in [1.807, 2.05) is 51.1 Å². The number of carbonyl (C=O) groups excluding carboxylic acids is 2. The van der Waals surface area contributed by atoms with Crippen LogP contribution in [0.2, 0.25) is 5.02 Å². The summed E-state index contributed by atoms with van der Waals surface area (Å²) in [6.07, 6.45) is 1.33. The van der Waals surface area contributed by atoms with E-state index < -0.39 is 6.04 Å². The average Bonchev–Trinajstić information content (AvgIpc) is 2.73. The molecule has 2 amide bonds. The first kappa shape index (κ1) is 22.8. The van der Waals surface area contributed by atoms with Crippen molar-refractivity contribution in [1.82, 2.24) is 10.2 Å². The van der Waals surface area contributed by atoms with Gasteiger partial charge in [0.25, 0.3) is 5.91 Å². The Morgan fingerprint density at radius 1 is 1.03 bits per heavy atom. The van der Waals surface area contributed by atoms with Crippen LogP contribution in [0.1, 0.15) is 39.2 Å². The number of ether oxygens (including phenoxy) is 1. The summed E-state index contributed by atoms with van der Waals surface area (Å²) in [5.74, 6) is 0.0306. The number of para-hydroxylation sites is 1. The van der Waals surface area contributed by atoms with Gasteiger partial charge in [0.2, 0.25) is 5.91 Å². The third-order valence-corrected chi connectivity index (χ3v) is 5.08. The maximum Gasteiger partial charge on any atom is 0.261 e. The van der Waals surface area contributed by atoms with E-state index in [2.05, 4.69) is 5.32 Å². The second-order valence-electron chi connectivity index (χ2n) is 6.97. The van der Waals surface area contributed by atoms with Gasteiger partial charge in [-0.15, -0.1) is 0 Å². The van der Waals surface area contributed by atoms with Crippen LogP contribution in [-0.2, 0) is 16.1 Å². The van der Waals surface area contributed by atoms with Crippen molar-refractivity contribution in [2.75, 3.05) is 6.61 Å². The van der Waals surface area contributed by atoms with Crippen LogP contribution in [0, 0.1) is 0 Å². The second kappa shape index (κ2) is 11.5. The molecule has 0 aliphatic heterocycles. The van der Waals surface area contributed by atoms with Gasteiger partial charge in [-0.1, -0.05) is 67.9 Å². The van der Waals surface area contributed by atoms with Crippen molar-refractivity contribution in [3.8, 4) is 5.75 Å². The van der Waals surface area contributed by atoms with Gasteiger partial charge >= 0.3 is 0 Å². The zero-order valence-corrected chi connectivity index (χ0v) is 18.0. The van der Waals surface area contributed by atoms with Crippen LogP contribution in [0.15, 0.2) is 54.6 Å². The van der Waals surface area contributed by atoms with Gasteiger partial charge in [0.05, 0.1) is 5.02 Å².